The van der Waals surface area contributed by atoms with E-state index in [1.165, 1.54) is 6.92 Å². The summed E-state index contributed by atoms with van der Waals surface area (Å²) in [6.07, 6.45) is 5.66. The third-order valence-electron chi connectivity index (χ3n) is 8.67. The van der Waals surface area contributed by atoms with Crippen molar-refractivity contribution in [2.45, 2.75) is 71.3 Å². The van der Waals surface area contributed by atoms with Gasteiger partial charge in [-0.1, -0.05) is 19.4 Å². The Bertz CT molecular complexity index is 827. The van der Waals surface area contributed by atoms with E-state index in [9.17, 15) is 24.3 Å². The number of Topliss-reactive ketones (excluding diaryl/α,β-unsaturated/α-hetero) is 2. The van der Waals surface area contributed by atoms with Gasteiger partial charge in [0.05, 0.1) is 0 Å². The van der Waals surface area contributed by atoms with Crippen LogP contribution in [0.5, 0.6) is 0 Å². The third-order valence-corrected chi connectivity index (χ3v) is 8.67. The van der Waals surface area contributed by atoms with Crippen molar-refractivity contribution in [2.75, 3.05) is 6.61 Å². The number of hydrogen-bond acceptors (Lipinski definition) is 6. The summed E-state index contributed by atoms with van der Waals surface area (Å²) in [7, 11) is 0. The average molecular weight is 402 g/mol. The lowest BCUT2D eigenvalue weighted by Crippen LogP contribution is -2.61. The second-order valence-electron chi connectivity index (χ2n) is 10.0. The van der Waals surface area contributed by atoms with Gasteiger partial charge in [0, 0.05) is 31.1 Å². The summed E-state index contributed by atoms with van der Waals surface area (Å²) in [4.78, 5) is 49.4. The quantitative estimate of drug-likeness (QED) is 0.729. The molecule has 1 N–H and O–H groups in total. The summed E-state index contributed by atoms with van der Waals surface area (Å²) < 4.78 is 4.86. The molecule has 0 aromatic carbocycles. The highest BCUT2D eigenvalue weighted by Crippen LogP contribution is 2.66. The number of aliphatic hydroxyl groups is 1. The van der Waals surface area contributed by atoms with Gasteiger partial charge in [-0.05, 0) is 55.4 Å². The number of ether oxygens (including phenoxy) is 1. The number of fused-ring (bicyclic) bond motifs is 5. The molecule has 0 aromatic heterocycles. The van der Waals surface area contributed by atoms with Gasteiger partial charge in [-0.2, -0.15) is 0 Å². The molecule has 0 aliphatic heterocycles. The van der Waals surface area contributed by atoms with Crippen LogP contribution in [0, 0.1) is 28.6 Å². The topological polar surface area (TPSA) is 97.7 Å². The van der Waals surface area contributed by atoms with Crippen LogP contribution in [-0.2, 0) is 23.9 Å². The smallest absolute Gasteiger partial charge is 0.303 e. The molecule has 3 saturated carbocycles. The van der Waals surface area contributed by atoms with Crippen LogP contribution in [0.15, 0.2) is 11.6 Å². The first-order chi connectivity index (χ1) is 13.5. The summed E-state index contributed by atoms with van der Waals surface area (Å²) in [6, 6.07) is 0. The number of carbonyl (C=O) groups is 4. The van der Waals surface area contributed by atoms with Gasteiger partial charge in [-0.3, -0.25) is 19.2 Å². The molecule has 3 fully saturated rings. The molecule has 0 spiro atoms. The van der Waals surface area contributed by atoms with E-state index in [0.29, 0.717) is 25.7 Å². The van der Waals surface area contributed by atoms with Crippen LogP contribution in [0.3, 0.4) is 0 Å². The number of esters is 1. The van der Waals surface area contributed by atoms with Crippen LogP contribution in [0.4, 0.5) is 0 Å². The Labute approximate surface area is 171 Å². The van der Waals surface area contributed by atoms with Crippen LogP contribution in [-0.4, -0.2) is 40.6 Å². The molecule has 4 aliphatic carbocycles. The van der Waals surface area contributed by atoms with Crippen molar-refractivity contribution in [3.63, 3.8) is 0 Å². The van der Waals surface area contributed by atoms with E-state index in [1.54, 1.807) is 6.08 Å². The summed E-state index contributed by atoms with van der Waals surface area (Å²) in [6.45, 7) is 4.76. The van der Waals surface area contributed by atoms with Gasteiger partial charge in [0.15, 0.2) is 12.4 Å². The van der Waals surface area contributed by atoms with Gasteiger partial charge in [0.25, 0.3) is 0 Å². The fraction of sp³-hybridized carbons (Fsp3) is 0.739. The van der Waals surface area contributed by atoms with E-state index >= 15 is 0 Å². The van der Waals surface area contributed by atoms with Gasteiger partial charge in [-0.15, -0.1) is 0 Å². The largest absolute Gasteiger partial charge is 0.458 e. The third kappa shape index (κ3) is 2.78. The van der Waals surface area contributed by atoms with Crippen molar-refractivity contribution in [1.82, 2.24) is 0 Å². The Morgan fingerprint density at radius 2 is 1.90 bits per heavy atom. The molecule has 0 unspecified atom stereocenters. The first-order valence-electron chi connectivity index (χ1n) is 10.7. The predicted octanol–water partition coefficient (Wildman–Crippen LogP) is 2.56. The summed E-state index contributed by atoms with van der Waals surface area (Å²) in [5.74, 6) is -0.811. The lowest BCUT2D eigenvalue weighted by molar-refractivity contribution is -0.173. The van der Waals surface area contributed by atoms with E-state index in [-0.39, 0.29) is 41.2 Å². The highest BCUT2D eigenvalue weighted by atomic mass is 16.5. The van der Waals surface area contributed by atoms with Crippen molar-refractivity contribution in [3.8, 4) is 0 Å². The minimum Gasteiger partial charge on any atom is -0.458 e. The first-order valence-corrected chi connectivity index (χ1v) is 10.7. The van der Waals surface area contributed by atoms with Crippen LogP contribution < -0.4 is 0 Å². The maximum Gasteiger partial charge on any atom is 0.303 e. The van der Waals surface area contributed by atoms with E-state index in [0.717, 1.165) is 18.4 Å². The monoisotopic (exact) mass is 402 g/mol. The first kappa shape index (κ1) is 20.5. The maximum atomic E-state index is 13.5. The van der Waals surface area contributed by atoms with Gasteiger partial charge >= 0.3 is 5.97 Å². The normalized spacial score (nSPS) is 43.7. The van der Waals surface area contributed by atoms with Gasteiger partial charge < -0.3 is 9.84 Å². The average Bonchev–Trinajstić information content (AvgIpc) is 2.91. The molecule has 6 heteroatoms. The summed E-state index contributed by atoms with van der Waals surface area (Å²) >= 11 is 0. The Balaban J connectivity index is 1.66. The lowest BCUT2D eigenvalue weighted by atomic mass is 9.46. The fourth-order valence-corrected chi connectivity index (χ4v) is 7.13. The van der Waals surface area contributed by atoms with Crippen molar-refractivity contribution >= 4 is 23.3 Å². The molecule has 29 heavy (non-hydrogen) atoms. The molecular weight excluding hydrogens is 372 g/mol. The van der Waals surface area contributed by atoms with Crippen molar-refractivity contribution in [1.29, 1.82) is 0 Å². The number of rotatable bonds is 3. The molecule has 0 bridgehead atoms. The Morgan fingerprint density at radius 1 is 1.17 bits per heavy atom. The van der Waals surface area contributed by atoms with Crippen LogP contribution >= 0.6 is 0 Å². The maximum absolute atomic E-state index is 13.5. The van der Waals surface area contributed by atoms with E-state index < -0.39 is 29.4 Å². The van der Waals surface area contributed by atoms with Gasteiger partial charge in [0.2, 0.25) is 5.78 Å². The number of carbonyl (C=O) groups excluding carboxylic acids is 4. The van der Waals surface area contributed by atoms with Crippen molar-refractivity contribution in [2.24, 2.45) is 28.6 Å². The zero-order chi connectivity index (χ0) is 21.2. The van der Waals surface area contributed by atoms with Gasteiger partial charge in [-0.25, -0.2) is 0 Å². The summed E-state index contributed by atoms with van der Waals surface area (Å²) in [5.41, 5.74) is -1.68. The minimum absolute atomic E-state index is 0.0625. The molecule has 4 rings (SSSR count). The van der Waals surface area contributed by atoms with E-state index in [1.807, 2.05) is 6.92 Å². The second-order valence-corrected chi connectivity index (χ2v) is 10.0. The SMILES string of the molecule is CC(=O)OCC(=O)[C@]1(O)CC[C@@H]2[C@H]3CCC4=CC(=O)CC[C@]4(C)[C@@H]3C(=O)C[C@@]21C. The molecule has 6 nitrogen and oxygen atoms in total. The van der Waals surface area contributed by atoms with Gasteiger partial charge in [0.1, 0.15) is 11.4 Å². The van der Waals surface area contributed by atoms with Crippen molar-refractivity contribution in [3.05, 3.63) is 11.6 Å². The standard InChI is InChI=1S/C23H30O6/c1-13(24)29-12-19(27)23(28)9-7-17-16-5-4-14-10-15(25)6-8-21(14,2)20(16)18(26)11-22(17,23)3/h10,16-17,20,28H,4-9,11-12H2,1-3H3/t16-,17-,20+,21+,22+,23-/m1/s1. The summed E-state index contributed by atoms with van der Waals surface area (Å²) in [5, 5.41) is 11.4. The Hall–Kier alpha value is -1.82. The van der Waals surface area contributed by atoms with Crippen LogP contribution in [0.2, 0.25) is 0 Å². The van der Waals surface area contributed by atoms with Crippen LogP contribution in [0.25, 0.3) is 0 Å². The molecule has 6 atom stereocenters. The van der Waals surface area contributed by atoms with Crippen LogP contribution in [0.1, 0.15) is 65.7 Å². The second kappa shape index (κ2) is 6.59. The molecule has 0 aromatic rings. The minimum atomic E-state index is -1.65. The number of hydrogen-bond donors (Lipinski definition) is 1. The fourth-order valence-electron chi connectivity index (χ4n) is 7.13. The molecule has 0 saturated heterocycles. The number of ketones is 3. The molecule has 0 heterocycles. The Morgan fingerprint density at radius 3 is 2.59 bits per heavy atom. The zero-order valence-corrected chi connectivity index (χ0v) is 17.5. The van der Waals surface area contributed by atoms with E-state index in [4.69, 9.17) is 4.74 Å². The predicted molar refractivity (Wildman–Crippen MR) is 104 cm³/mol. The molecule has 158 valence electrons. The number of allylic oxidation sites excluding steroid dienone is 1. The van der Waals surface area contributed by atoms with E-state index in [2.05, 4.69) is 6.92 Å². The Kier molecular flexibility index (Phi) is 4.65. The molecular formula is C23H30O6. The van der Waals surface area contributed by atoms with Crippen molar-refractivity contribution < 1.29 is 29.0 Å². The lowest BCUT2D eigenvalue weighted by Gasteiger charge is -2.57. The highest BCUT2D eigenvalue weighted by molar-refractivity contribution is 5.95. The zero-order valence-electron chi connectivity index (χ0n) is 17.5. The molecule has 0 radical (unpaired) electrons. The highest BCUT2D eigenvalue weighted by Gasteiger charge is 2.68. The molecule has 4 aliphatic rings. The molecule has 0 amide bonds.